The van der Waals surface area contributed by atoms with E-state index < -0.39 is 0 Å². The molecular formula is C13H14N2. The molecule has 1 aromatic carbocycles. The zero-order chi connectivity index (χ0) is 10.7. The first-order valence-electron chi connectivity index (χ1n) is 5.02. The number of aromatic nitrogens is 1. The Balaban J connectivity index is 2.49. The molecule has 0 saturated heterocycles. The van der Waals surface area contributed by atoms with Crippen molar-refractivity contribution in [2.24, 2.45) is 5.73 Å². The van der Waals surface area contributed by atoms with Crippen molar-refractivity contribution in [3.63, 3.8) is 0 Å². The van der Waals surface area contributed by atoms with E-state index >= 15 is 0 Å². The van der Waals surface area contributed by atoms with Crippen LogP contribution >= 0.6 is 0 Å². The molecule has 2 rings (SSSR count). The average molecular weight is 198 g/mol. The quantitative estimate of drug-likeness (QED) is 0.805. The highest BCUT2D eigenvalue weighted by molar-refractivity contribution is 5.63. The number of pyridine rings is 1. The Bertz CT molecular complexity index is 464. The van der Waals surface area contributed by atoms with Crippen LogP contribution in [0.4, 0.5) is 0 Å². The van der Waals surface area contributed by atoms with Crippen LogP contribution in [0.5, 0.6) is 0 Å². The Labute approximate surface area is 89.8 Å². The molecule has 0 aliphatic heterocycles. The van der Waals surface area contributed by atoms with Crippen molar-refractivity contribution in [1.82, 2.24) is 4.98 Å². The molecule has 0 spiro atoms. The summed E-state index contributed by atoms with van der Waals surface area (Å²) in [5.41, 5.74) is 10.1. The van der Waals surface area contributed by atoms with Crippen molar-refractivity contribution in [2.75, 3.05) is 0 Å². The van der Waals surface area contributed by atoms with E-state index in [4.69, 9.17) is 5.73 Å². The Morgan fingerprint density at radius 1 is 1.20 bits per heavy atom. The van der Waals surface area contributed by atoms with Crippen LogP contribution in [0.1, 0.15) is 11.1 Å². The fraction of sp³-hybridized carbons (Fsp3) is 0.154. The van der Waals surface area contributed by atoms with Crippen LogP contribution in [0.2, 0.25) is 0 Å². The zero-order valence-electron chi connectivity index (χ0n) is 8.77. The molecule has 0 bridgehead atoms. The molecule has 76 valence electrons. The molecule has 2 nitrogen and oxygen atoms in total. The summed E-state index contributed by atoms with van der Waals surface area (Å²) >= 11 is 0. The summed E-state index contributed by atoms with van der Waals surface area (Å²) in [7, 11) is 0. The number of nitrogens with two attached hydrogens (primary N) is 1. The molecule has 2 aromatic rings. The number of nitrogens with zero attached hydrogens (tertiary/aromatic N) is 1. The van der Waals surface area contributed by atoms with Crippen LogP contribution in [-0.2, 0) is 6.54 Å². The van der Waals surface area contributed by atoms with Crippen molar-refractivity contribution in [3.05, 3.63) is 53.7 Å². The molecule has 0 unspecified atom stereocenters. The third-order valence-corrected chi connectivity index (χ3v) is 2.48. The van der Waals surface area contributed by atoms with Crippen LogP contribution in [0.15, 0.2) is 42.6 Å². The van der Waals surface area contributed by atoms with E-state index in [2.05, 4.69) is 24.0 Å². The van der Waals surface area contributed by atoms with E-state index in [1.54, 1.807) is 0 Å². The number of benzene rings is 1. The number of rotatable bonds is 2. The summed E-state index contributed by atoms with van der Waals surface area (Å²) in [4.78, 5) is 4.36. The van der Waals surface area contributed by atoms with Gasteiger partial charge in [0.15, 0.2) is 0 Å². The lowest BCUT2D eigenvalue weighted by molar-refractivity contribution is 1.06. The first-order chi connectivity index (χ1) is 7.31. The Kier molecular flexibility index (Phi) is 2.79. The second kappa shape index (κ2) is 4.24. The number of aryl methyl sites for hydroxylation is 1. The first-order valence-corrected chi connectivity index (χ1v) is 5.02. The fourth-order valence-corrected chi connectivity index (χ4v) is 1.61. The van der Waals surface area contributed by atoms with E-state index in [1.807, 2.05) is 30.5 Å². The molecule has 0 amide bonds. The van der Waals surface area contributed by atoms with Gasteiger partial charge in [-0.1, -0.05) is 24.3 Å². The molecule has 0 saturated carbocycles. The topological polar surface area (TPSA) is 38.9 Å². The highest BCUT2D eigenvalue weighted by atomic mass is 14.7. The number of hydrogen-bond donors (Lipinski definition) is 1. The lowest BCUT2D eigenvalue weighted by atomic mass is 10.0. The zero-order valence-corrected chi connectivity index (χ0v) is 8.77. The molecule has 0 fully saturated rings. The van der Waals surface area contributed by atoms with Gasteiger partial charge in [-0.3, -0.25) is 4.98 Å². The minimum Gasteiger partial charge on any atom is -0.326 e. The minimum absolute atomic E-state index is 0.557. The smallest absolute Gasteiger partial charge is 0.0707 e. The summed E-state index contributed by atoms with van der Waals surface area (Å²) in [6.45, 7) is 2.65. The van der Waals surface area contributed by atoms with Gasteiger partial charge in [0.05, 0.1) is 5.69 Å². The van der Waals surface area contributed by atoms with Gasteiger partial charge in [-0.05, 0) is 30.2 Å². The second-order valence-corrected chi connectivity index (χ2v) is 3.57. The maximum atomic E-state index is 5.61. The average Bonchev–Trinajstić information content (AvgIpc) is 2.30. The monoisotopic (exact) mass is 198 g/mol. The van der Waals surface area contributed by atoms with Gasteiger partial charge in [0.1, 0.15) is 0 Å². The summed E-state index contributed by atoms with van der Waals surface area (Å²) in [5.74, 6) is 0. The SMILES string of the molecule is Cc1ccccc1-c1cc(CN)ccn1. The van der Waals surface area contributed by atoms with E-state index in [-0.39, 0.29) is 0 Å². The maximum Gasteiger partial charge on any atom is 0.0707 e. The summed E-state index contributed by atoms with van der Waals surface area (Å²) < 4.78 is 0. The van der Waals surface area contributed by atoms with Crippen LogP contribution in [-0.4, -0.2) is 4.98 Å². The van der Waals surface area contributed by atoms with Gasteiger partial charge in [-0.25, -0.2) is 0 Å². The molecule has 0 aliphatic rings. The van der Waals surface area contributed by atoms with Crippen LogP contribution in [0, 0.1) is 6.92 Å². The van der Waals surface area contributed by atoms with Crippen molar-refractivity contribution >= 4 is 0 Å². The number of hydrogen-bond acceptors (Lipinski definition) is 2. The van der Waals surface area contributed by atoms with Gasteiger partial charge in [-0.15, -0.1) is 0 Å². The third kappa shape index (κ3) is 2.05. The van der Waals surface area contributed by atoms with Gasteiger partial charge in [0.25, 0.3) is 0 Å². The van der Waals surface area contributed by atoms with Crippen LogP contribution in [0.25, 0.3) is 11.3 Å². The Hall–Kier alpha value is -1.67. The molecule has 15 heavy (non-hydrogen) atoms. The predicted molar refractivity (Wildman–Crippen MR) is 62.3 cm³/mol. The van der Waals surface area contributed by atoms with Gasteiger partial charge < -0.3 is 5.73 Å². The molecule has 0 aliphatic carbocycles. The van der Waals surface area contributed by atoms with Crippen LogP contribution < -0.4 is 5.73 Å². The summed E-state index contributed by atoms with van der Waals surface area (Å²) in [5, 5.41) is 0. The predicted octanol–water partition coefficient (Wildman–Crippen LogP) is 2.52. The molecule has 1 aromatic heterocycles. The van der Waals surface area contributed by atoms with Gasteiger partial charge in [-0.2, -0.15) is 0 Å². The standard InChI is InChI=1S/C13H14N2/c1-10-4-2-3-5-12(10)13-8-11(9-14)6-7-15-13/h2-8H,9,14H2,1H3. The van der Waals surface area contributed by atoms with Crippen molar-refractivity contribution in [3.8, 4) is 11.3 Å². The van der Waals surface area contributed by atoms with Crippen molar-refractivity contribution in [2.45, 2.75) is 13.5 Å². The lowest BCUT2D eigenvalue weighted by Crippen LogP contribution is -1.97. The highest BCUT2D eigenvalue weighted by Crippen LogP contribution is 2.21. The van der Waals surface area contributed by atoms with E-state index in [9.17, 15) is 0 Å². The lowest BCUT2D eigenvalue weighted by Gasteiger charge is -2.05. The highest BCUT2D eigenvalue weighted by Gasteiger charge is 2.02. The molecule has 0 radical (unpaired) electrons. The maximum absolute atomic E-state index is 5.61. The van der Waals surface area contributed by atoms with Crippen LogP contribution in [0.3, 0.4) is 0 Å². The Morgan fingerprint density at radius 3 is 2.73 bits per heavy atom. The third-order valence-electron chi connectivity index (χ3n) is 2.48. The summed E-state index contributed by atoms with van der Waals surface area (Å²) in [6, 6.07) is 12.2. The molecular weight excluding hydrogens is 184 g/mol. The largest absolute Gasteiger partial charge is 0.326 e. The fourth-order valence-electron chi connectivity index (χ4n) is 1.61. The van der Waals surface area contributed by atoms with Gasteiger partial charge in [0, 0.05) is 18.3 Å². The van der Waals surface area contributed by atoms with Crippen molar-refractivity contribution < 1.29 is 0 Å². The second-order valence-electron chi connectivity index (χ2n) is 3.57. The molecule has 1 heterocycles. The van der Waals surface area contributed by atoms with Crippen molar-refractivity contribution in [1.29, 1.82) is 0 Å². The first kappa shape index (κ1) is 9.87. The normalized spacial score (nSPS) is 10.3. The Morgan fingerprint density at radius 2 is 2.00 bits per heavy atom. The van der Waals surface area contributed by atoms with E-state index in [0.717, 1.165) is 11.3 Å². The van der Waals surface area contributed by atoms with Gasteiger partial charge >= 0.3 is 0 Å². The summed E-state index contributed by atoms with van der Waals surface area (Å²) in [6.07, 6.45) is 1.81. The van der Waals surface area contributed by atoms with Gasteiger partial charge in [0.2, 0.25) is 0 Å². The molecule has 2 heteroatoms. The van der Waals surface area contributed by atoms with E-state index in [1.165, 1.54) is 11.1 Å². The van der Waals surface area contributed by atoms with E-state index in [0.29, 0.717) is 6.54 Å². The molecule has 0 atom stereocenters. The molecule has 2 N–H and O–H groups in total. The minimum atomic E-state index is 0.557.